The molecule has 0 fully saturated rings. The lowest BCUT2D eigenvalue weighted by atomic mass is 9.69. The van der Waals surface area contributed by atoms with Gasteiger partial charge in [0.05, 0.1) is 21.7 Å². The molecule has 0 unspecified atom stereocenters. The predicted octanol–water partition coefficient (Wildman–Crippen LogP) is 6.25. The lowest BCUT2D eigenvalue weighted by Crippen LogP contribution is -2.38. The van der Waals surface area contributed by atoms with Crippen LogP contribution in [0.4, 0.5) is 5.13 Å². The van der Waals surface area contributed by atoms with Crippen LogP contribution in [-0.4, -0.2) is 45.5 Å². The average Bonchev–Trinajstić information content (AvgIpc) is 3.43. The van der Waals surface area contributed by atoms with Crippen molar-refractivity contribution < 1.29 is 14.3 Å². The molecule has 1 aliphatic heterocycles. The van der Waals surface area contributed by atoms with Crippen molar-refractivity contribution >= 4 is 39.9 Å². The predicted molar refractivity (Wildman–Crippen MR) is 148 cm³/mol. The fraction of sp³-hybridized carbons (Fsp3) is 0.250. The molecule has 2 aromatic heterocycles. The highest BCUT2D eigenvalue weighted by Gasteiger charge is 2.44. The molecular formula is C28H26ClN5O3S. The second-order valence-electron chi connectivity index (χ2n) is 9.60. The summed E-state index contributed by atoms with van der Waals surface area (Å²) in [5.74, 6) is 0.414. The molecule has 194 valence electrons. The van der Waals surface area contributed by atoms with Crippen molar-refractivity contribution in [2.45, 2.75) is 26.7 Å². The highest BCUT2D eigenvalue weighted by atomic mass is 35.5. The Bertz CT molecular complexity index is 1520. The van der Waals surface area contributed by atoms with E-state index in [4.69, 9.17) is 21.3 Å². The normalized spacial score (nSPS) is 14.2. The Morgan fingerprint density at radius 3 is 2.63 bits per heavy atom. The smallest absolute Gasteiger partial charge is 0.255 e. The van der Waals surface area contributed by atoms with Gasteiger partial charge in [0, 0.05) is 36.2 Å². The second kappa shape index (κ2) is 10.2. The molecule has 1 aliphatic rings. The van der Waals surface area contributed by atoms with Crippen LogP contribution in [0, 0.1) is 5.41 Å². The molecule has 3 heterocycles. The fourth-order valence-electron chi connectivity index (χ4n) is 4.59. The van der Waals surface area contributed by atoms with E-state index in [1.165, 1.54) is 11.3 Å². The van der Waals surface area contributed by atoms with E-state index in [0.29, 0.717) is 39.6 Å². The summed E-state index contributed by atoms with van der Waals surface area (Å²) in [5.41, 5.74) is 4.23. The van der Waals surface area contributed by atoms with Gasteiger partial charge in [-0.1, -0.05) is 67.1 Å². The molecule has 1 N–H and O–H groups in total. The van der Waals surface area contributed by atoms with E-state index in [-0.39, 0.29) is 17.7 Å². The first-order chi connectivity index (χ1) is 18.2. The SMILES string of the molecule is CCN(C)C(=O)c1ccc(-c2ccc3c(n2)Oc2ccccc2[C@H]3C(C)(C)C(=O)Nc2nncs2)cc1Cl. The van der Waals surface area contributed by atoms with Crippen LogP contribution in [0.2, 0.25) is 5.02 Å². The Kier molecular flexibility index (Phi) is 6.90. The van der Waals surface area contributed by atoms with Crippen molar-refractivity contribution in [1.82, 2.24) is 20.1 Å². The van der Waals surface area contributed by atoms with E-state index in [9.17, 15) is 9.59 Å². The van der Waals surface area contributed by atoms with Crippen LogP contribution < -0.4 is 10.1 Å². The molecule has 2 aromatic carbocycles. The standard InChI is InChI=1S/C28H26ClN5O3S/c1-5-34(4)25(35)17-11-10-16(14-20(17)29)21-13-12-19-23(18-8-6-7-9-22(18)37-24(19)31-21)28(2,3)26(36)32-27-33-30-15-38-27/h6-15,23H,5H2,1-4H3,(H,32,33,36)/t23-/m1/s1. The van der Waals surface area contributed by atoms with Gasteiger partial charge in [-0.05, 0) is 31.2 Å². The number of nitrogens with one attached hydrogen (secondary N) is 1. The van der Waals surface area contributed by atoms with Gasteiger partial charge < -0.3 is 15.0 Å². The van der Waals surface area contributed by atoms with E-state index < -0.39 is 5.41 Å². The third-order valence-electron chi connectivity index (χ3n) is 6.84. The molecule has 0 saturated heterocycles. The van der Waals surface area contributed by atoms with Gasteiger partial charge in [0.1, 0.15) is 11.3 Å². The van der Waals surface area contributed by atoms with Crippen molar-refractivity contribution in [3.8, 4) is 22.9 Å². The molecule has 5 rings (SSSR count). The Labute approximate surface area is 229 Å². The van der Waals surface area contributed by atoms with Crippen LogP contribution in [0.1, 0.15) is 48.2 Å². The maximum absolute atomic E-state index is 13.5. The van der Waals surface area contributed by atoms with E-state index in [1.54, 1.807) is 29.6 Å². The number of benzene rings is 2. The maximum atomic E-state index is 13.5. The van der Waals surface area contributed by atoms with Gasteiger partial charge in [-0.25, -0.2) is 4.98 Å². The molecule has 1 atom stereocenters. The lowest BCUT2D eigenvalue weighted by Gasteiger charge is -2.37. The maximum Gasteiger partial charge on any atom is 0.255 e. The summed E-state index contributed by atoms with van der Waals surface area (Å²) in [4.78, 5) is 32.5. The number of amides is 2. The van der Waals surface area contributed by atoms with Crippen molar-refractivity contribution in [2.75, 3.05) is 18.9 Å². The van der Waals surface area contributed by atoms with Crippen LogP contribution in [-0.2, 0) is 4.79 Å². The summed E-state index contributed by atoms with van der Waals surface area (Å²) in [7, 11) is 1.73. The number of rotatable bonds is 6. The molecule has 4 aromatic rings. The minimum absolute atomic E-state index is 0.140. The van der Waals surface area contributed by atoms with Gasteiger partial charge >= 0.3 is 0 Å². The van der Waals surface area contributed by atoms with Gasteiger partial charge in [-0.15, -0.1) is 10.2 Å². The molecule has 10 heteroatoms. The Hall–Kier alpha value is -3.82. The zero-order valence-electron chi connectivity index (χ0n) is 21.4. The molecular weight excluding hydrogens is 522 g/mol. The number of pyridine rings is 1. The summed E-state index contributed by atoms with van der Waals surface area (Å²) in [6.07, 6.45) is 0. The van der Waals surface area contributed by atoms with Gasteiger partial charge in [0.2, 0.25) is 16.9 Å². The molecule has 0 radical (unpaired) electrons. The average molecular weight is 548 g/mol. The summed E-state index contributed by atoms with van der Waals surface area (Å²) in [6, 6.07) is 16.8. The molecule has 8 nitrogen and oxygen atoms in total. The number of nitrogens with zero attached hydrogens (tertiary/aromatic N) is 4. The third kappa shape index (κ3) is 4.63. The van der Waals surface area contributed by atoms with Gasteiger partial charge in [-0.3, -0.25) is 9.59 Å². The summed E-state index contributed by atoms with van der Waals surface area (Å²) in [5, 5.41) is 11.4. The monoisotopic (exact) mass is 547 g/mol. The first-order valence-electron chi connectivity index (χ1n) is 12.1. The molecule has 0 bridgehead atoms. The molecule has 0 saturated carbocycles. The quantitative estimate of drug-likeness (QED) is 0.306. The Morgan fingerprint density at radius 1 is 1.13 bits per heavy atom. The van der Waals surface area contributed by atoms with E-state index in [2.05, 4.69) is 15.5 Å². The van der Waals surface area contributed by atoms with Crippen LogP contribution in [0.3, 0.4) is 0 Å². The summed E-state index contributed by atoms with van der Waals surface area (Å²) in [6.45, 7) is 6.29. The zero-order chi connectivity index (χ0) is 27.0. The molecule has 38 heavy (non-hydrogen) atoms. The van der Waals surface area contributed by atoms with Crippen molar-refractivity contribution in [1.29, 1.82) is 0 Å². The Balaban J connectivity index is 1.53. The van der Waals surface area contributed by atoms with Crippen molar-refractivity contribution in [2.24, 2.45) is 5.41 Å². The van der Waals surface area contributed by atoms with Crippen LogP contribution >= 0.6 is 22.9 Å². The second-order valence-corrected chi connectivity index (χ2v) is 10.8. The summed E-state index contributed by atoms with van der Waals surface area (Å²) >= 11 is 7.77. The molecule has 0 spiro atoms. The topological polar surface area (TPSA) is 97.3 Å². The van der Waals surface area contributed by atoms with E-state index in [1.807, 2.05) is 63.2 Å². The zero-order valence-corrected chi connectivity index (χ0v) is 22.9. The number of halogens is 1. The van der Waals surface area contributed by atoms with E-state index >= 15 is 0 Å². The van der Waals surface area contributed by atoms with Gasteiger partial charge in [0.25, 0.3) is 5.91 Å². The molecule has 0 aliphatic carbocycles. The number of hydrogen-bond donors (Lipinski definition) is 1. The van der Waals surface area contributed by atoms with Crippen molar-refractivity contribution in [3.05, 3.63) is 81.8 Å². The third-order valence-corrected chi connectivity index (χ3v) is 7.76. The highest BCUT2D eigenvalue weighted by Crippen LogP contribution is 2.52. The number of anilines is 1. The Morgan fingerprint density at radius 2 is 1.92 bits per heavy atom. The minimum Gasteiger partial charge on any atom is -0.438 e. The first-order valence-corrected chi connectivity index (χ1v) is 13.4. The number of fused-ring (bicyclic) bond motifs is 2. The van der Waals surface area contributed by atoms with Gasteiger partial charge in [0.15, 0.2) is 0 Å². The van der Waals surface area contributed by atoms with Crippen LogP contribution in [0.25, 0.3) is 11.3 Å². The molecule has 2 amide bonds. The number of aromatic nitrogens is 3. The van der Waals surface area contributed by atoms with Crippen LogP contribution in [0.15, 0.2) is 60.1 Å². The number of carbonyl (C=O) groups excluding carboxylic acids is 2. The fourth-order valence-corrected chi connectivity index (χ4v) is 5.29. The highest BCUT2D eigenvalue weighted by molar-refractivity contribution is 7.13. The van der Waals surface area contributed by atoms with Crippen molar-refractivity contribution in [3.63, 3.8) is 0 Å². The summed E-state index contributed by atoms with van der Waals surface area (Å²) < 4.78 is 6.23. The number of hydrogen-bond acceptors (Lipinski definition) is 7. The first kappa shape index (κ1) is 25.8. The number of carbonyl (C=O) groups is 2. The number of para-hydroxylation sites is 1. The van der Waals surface area contributed by atoms with Crippen LogP contribution in [0.5, 0.6) is 11.6 Å². The lowest BCUT2D eigenvalue weighted by molar-refractivity contribution is -0.124. The van der Waals surface area contributed by atoms with Gasteiger partial charge in [-0.2, -0.15) is 0 Å². The van der Waals surface area contributed by atoms with E-state index in [0.717, 1.165) is 16.7 Å². The largest absolute Gasteiger partial charge is 0.438 e. The minimum atomic E-state index is -0.875. The number of ether oxygens (including phenoxy) is 1.